The van der Waals surface area contributed by atoms with Crippen LogP contribution in [-0.4, -0.2) is 96.7 Å². The van der Waals surface area contributed by atoms with Gasteiger partial charge in [-0.2, -0.15) is 0 Å². The summed E-state index contributed by atoms with van der Waals surface area (Å²) >= 11 is 0. The van der Waals surface area contributed by atoms with E-state index in [-0.39, 0.29) is 25.7 Å². The molecule has 17 nitrogen and oxygen atoms in total. The molecule has 0 aromatic carbocycles. The van der Waals surface area contributed by atoms with Gasteiger partial charge in [0.05, 0.1) is 26.4 Å². The lowest BCUT2D eigenvalue weighted by Gasteiger charge is -2.21. The Morgan fingerprint density at radius 1 is 0.284 bits per heavy atom. The molecule has 0 fully saturated rings. The molecule has 0 aliphatic carbocycles. The molecule has 0 amide bonds. The molecule has 0 bridgehead atoms. The van der Waals surface area contributed by atoms with Crippen molar-refractivity contribution < 1.29 is 80.2 Å². The molecular weight excluding hydrogens is 1250 g/mol. The molecule has 0 heterocycles. The standard InChI is InChI=1S/C76H148O17P2/c1-7-9-11-13-15-17-19-20-21-22-26-29-32-36-39-46-52-58-73(78)86-64-71(92-76(81)61-55-49-41-37-33-30-27-24-23-25-28-31-34-38-44-50-56-68(3)4)66-90-94(82,83)88-62-70(77)63-89-95(84,85)91-67-72(65-87-74(79)59-53-47-43-42-45-51-57-69(5)6)93-75(80)60-54-48-40-35-18-16-14-12-10-8-2/h68-72,77H,7-67H2,1-6H3,(H,82,83)(H,84,85)/t70-,71-,72-/m1/s1. The second-order valence-corrected chi connectivity index (χ2v) is 31.3. The van der Waals surface area contributed by atoms with E-state index in [4.69, 9.17) is 37.0 Å². The summed E-state index contributed by atoms with van der Waals surface area (Å²) in [5, 5.41) is 10.6. The van der Waals surface area contributed by atoms with Gasteiger partial charge in [-0.15, -0.1) is 0 Å². The lowest BCUT2D eigenvalue weighted by molar-refractivity contribution is -0.161. The van der Waals surface area contributed by atoms with E-state index in [1.54, 1.807) is 0 Å². The predicted octanol–water partition coefficient (Wildman–Crippen LogP) is 22.3. The first-order chi connectivity index (χ1) is 45.9. The van der Waals surface area contributed by atoms with Crippen LogP contribution in [-0.2, 0) is 65.4 Å². The van der Waals surface area contributed by atoms with Crippen molar-refractivity contribution in [3.8, 4) is 0 Å². The molecule has 2 unspecified atom stereocenters. The van der Waals surface area contributed by atoms with Gasteiger partial charge in [0.2, 0.25) is 0 Å². The highest BCUT2D eigenvalue weighted by Gasteiger charge is 2.30. The van der Waals surface area contributed by atoms with Gasteiger partial charge in [-0.1, -0.05) is 343 Å². The number of hydrogen-bond donors (Lipinski definition) is 3. The van der Waals surface area contributed by atoms with Crippen LogP contribution < -0.4 is 0 Å². The van der Waals surface area contributed by atoms with Crippen molar-refractivity contribution in [1.82, 2.24) is 0 Å². The zero-order valence-electron chi connectivity index (χ0n) is 62.0. The fourth-order valence-corrected chi connectivity index (χ4v) is 13.2. The molecule has 0 aliphatic rings. The van der Waals surface area contributed by atoms with Crippen molar-refractivity contribution in [1.29, 1.82) is 0 Å². The highest BCUT2D eigenvalue weighted by Crippen LogP contribution is 2.45. The number of esters is 4. The second kappa shape index (κ2) is 67.9. The first-order valence-corrected chi connectivity index (χ1v) is 42.5. The van der Waals surface area contributed by atoms with E-state index in [1.807, 2.05) is 0 Å². The van der Waals surface area contributed by atoms with Crippen LogP contribution in [0.4, 0.5) is 0 Å². The molecule has 0 spiro atoms. The number of carbonyl (C=O) groups is 4. The van der Waals surface area contributed by atoms with E-state index in [9.17, 15) is 43.2 Å². The van der Waals surface area contributed by atoms with Crippen molar-refractivity contribution >= 4 is 39.5 Å². The molecule has 95 heavy (non-hydrogen) atoms. The van der Waals surface area contributed by atoms with Gasteiger partial charge < -0.3 is 33.8 Å². The van der Waals surface area contributed by atoms with Crippen molar-refractivity contribution in [3.63, 3.8) is 0 Å². The van der Waals surface area contributed by atoms with Crippen LogP contribution in [0.3, 0.4) is 0 Å². The van der Waals surface area contributed by atoms with Crippen molar-refractivity contribution in [2.24, 2.45) is 11.8 Å². The fourth-order valence-electron chi connectivity index (χ4n) is 11.7. The minimum Gasteiger partial charge on any atom is -0.462 e. The number of aliphatic hydroxyl groups is 1. The average Bonchev–Trinajstić information content (AvgIpc) is 1.54. The Labute approximate surface area is 581 Å². The molecular formula is C76H148O17P2. The summed E-state index contributed by atoms with van der Waals surface area (Å²) in [6, 6.07) is 0. The first kappa shape index (κ1) is 93.1. The minimum absolute atomic E-state index is 0.106. The van der Waals surface area contributed by atoms with E-state index in [0.29, 0.717) is 31.6 Å². The highest BCUT2D eigenvalue weighted by molar-refractivity contribution is 7.47. The second-order valence-electron chi connectivity index (χ2n) is 28.3. The lowest BCUT2D eigenvalue weighted by Crippen LogP contribution is -2.30. The van der Waals surface area contributed by atoms with Crippen LogP contribution in [0.5, 0.6) is 0 Å². The van der Waals surface area contributed by atoms with Gasteiger partial charge in [0.15, 0.2) is 12.2 Å². The normalized spacial score (nSPS) is 14.0. The molecule has 0 rings (SSSR count). The Balaban J connectivity index is 5.20. The van der Waals surface area contributed by atoms with Gasteiger partial charge in [0.25, 0.3) is 0 Å². The predicted molar refractivity (Wildman–Crippen MR) is 386 cm³/mol. The van der Waals surface area contributed by atoms with Crippen molar-refractivity contribution in [2.75, 3.05) is 39.6 Å². The van der Waals surface area contributed by atoms with E-state index >= 15 is 0 Å². The summed E-state index contributed by atoms with van der Waals surface area (Å²) in [5.41, 5.74) is 0. The van der Waals surface area contributed by atoms with Gasteiger partial charge in [-0.3, -0.25) is 37.3 Å². The van der Waals surface area contributed by atoms with E-state index < -0.39 is 97.5 Å². The van der Waals surface area contributed by atoms with E-state index in [2.05, 4.69) is 41.5 Å². The van der Waals surface area contributed by atoms with Gasteiger partial charge in [-0.25, -0.2) is 9.13 Å². The summed E-state index contributed by atoms with van der Waals surface area (Å²) in [7, 11) is -9.91. The highest BCUT2D eigenvalue weighted by atomic mass is 31.2. The van der Waals surface area contributed by atoms with Gasteiger partial charge in [-0.05, 0) is 37.5 Å². The third-order valence-electron chi connectivity index (χ3n) is 17.7. The molecule has 3 N–H and O–H groups in total. The van der Waals surface area contributed by atoms with Gasteiger partial charge >= 0.3 is 39.5 Å². The molecule has 0 saturated carbocycles. The summed E-state index contributed by atoms with van der Waals surface area (Å²) < 4.78 is 68.4. The molecule has 0 aromatic rings. The molecule has 564 valence electrons. The molecule has 5 atom stereocenters. The SMILES string of the molecule is CCCCCCCCCCCCCCCCCCCC(=O)OC[C@H](COP(=O)(O)OC[C@@H](O)COP(=O)(O)OC[C@@H](COC(=O)CCCCCCCCC(C)C)OC(=O)CCCCCCCCCCCC)OC(=O)CCCCCCCCCCCCCCCCCCC(C)C. The number of hydrogen-bond acceptors (Lipinski definition) is 15. The number of unbranched alkanes of at least 4 members (excludes halogenated alkanes) is 45. The Hall–Kier alpha value is -1.94. The van der Waals surface area contributed by atoms with Crippen LogP contribution in [0.2, 0.25) is 0 Å². The van der Waals surface area contributed by atoms with Crippen LogP contribution >= 0.6 is 15.6 Å². The average molecular weight is 1400 g/mol. The quantitative estimate of drug-likeness (QED) is 0.0222. The summed E-state index contributed by atoms with van der Waals surface area (Å²) in [4.78, 5) is 72.7. The zero-order valence-corrected chi connectivity index (χ0v) is 63.8. The lowest BCUT2D eigenvalue weighted by atomic mass is 10.0. The van der Waals surface area contributed by atoms with Crippen molar-refractivity contribution in [2.45, 2.75) is 413 Å². The van der Waals surface area contributed by atoms with Crippen LogP contribution in [0.15, 0.2) is 0 Å². The molecule has 19 heteroatoms. The maximum absolute atomic E-state index is 13.1. The summed E-state index contributed by atoms with van der Waals surface area (Å²) in [6.45, 7) is 9.53. The summed E-state index contributed by atoms with van der Waals surface area (Å²) in [6.07, 6.45) is 55.7. The smallest absolute Gasteiger partial charge is 0.462 e. The van der Waals surface area contributed by atoms with Crippen molar-refractivity contribution in [3.05, 3.63) is 0 Å². The van der Waals surface area contributed by atoms with Crippen LogP contribution in [0.25, 0.3) is 0 Å². The third kappa shape index (κ3) is 70.3. The fraction of sp³-hybridized carbons (Fsp3) is 0.947. The Morgan fingerprint density at radius 2 is 0.484 bits per heavy atom. The number of phosphoric ester groups is 2. The number of aliphatic hydroxyl groups excluding tert-OH is 1. The van der Waals surface area contributed by atoms with Crippen LogP contribution in [0, 0.1) is 11.8 Å². The molecule has 0 saturated heterocycles. The maximum Gasteiger partial charge on any atom is 0.472 e. The first-order valence-electron chi connectivity index (χ1n) is 39.5. The maximum atomic E-state index is 13.1. The monoisotopic (exact) mass is 1400 g/mol. The number of ether oxygens (including phenoxy) is 4. The Kier molecular flexibility index (Phi) is 66.5. The number of rotatable bonds is 75. The van der Waals surface area contributed by atoms with Gasteiger partial charge in [0.1, 0.15) is 19.3 Å². The third-order valence-corrected chi connectivity index (χ3v) is 19.6. The summed E-state index contributed by atoms with van der Waals surface area (Å²) in [5.74, 6) is -0.629. The zero-order chi connectivity index (χ0) is 70.0. The molecule has 0 radical (unpaired) electrons. The Bertz CT molecular complexity index is 1840. The largest absolute Gasteiger partial charge is 0.472 e. The minimum atomic E-state index is -4.96. The number of carbonyl (C=O) groups excluding carboxylic acids is 4. The van der Waals surface area contributed by atoms with E-state index in [1.165, 1.54) is 205 Å². The molecule has 0 aromatic heterocycles. The van der Waals surface area contributed by atoms with Gasteiger partial charge in [0, 0.05) is 25.7 Å². The number of phosphoric acid groups is 2. The van der Waals surface area contributed by atoms with E-state index in [0.717, 1.165) is 102 Å². The molecule has 0 aliphatic heterocycles. The van der Waals surface area contributed by atoms with Crippen LogP contribution in [0.1, 0.15) is 395 Å². The Morgan fingerprint density at radius 3 is 0.716 bits per heavy atom. The topological polar surface area (TPSA) is 237 Å².